The SMILES string of the molecule is CCCCCOc1ccc([C@@H]2C(=C(O)c3ccc4c(c3)C[C@@H](C)O4)C(=O)C(=O)N2C[C@H]2CCCO2)cc1. The van der Waals surface area contributed by atoms with Crippen molar-refractivity contribution in [3.8, 4) is 11.5 Å². The van der Waals surface area contributed by atoms with Crippen molar-refractivity contribution in [2.24, 2.45) is 0 Å². The van der Waals surface area contributed by atoms with E-state index in [1.807, 2.05) is 43.3 Å². The van der Waals surface area contributed by atoms with Gasteiger partial charge in [-0.25, -0.2) is 0 Å². The Morgan fingerprint density at radius 2 is 1.95 bits per heavy atom. The minimum atomic E-state index is -0.707. The maximum atomic E-state index is 13.3. The summed E-state index contributed by atoms with van der Waals surface area (Å²) < 4.78 is 17.4. The highest BCUT2D eigenvalue weighted by Crippen LogP contribution is 2.41. The summed E-state index contributed by atoms with van der Waals surface area (Å²) in [6, 6.07) is 12.2. The van der Waals surface area contributed by atoms with Crippen molar-refractivity contribution in [2.75, 3.05) is 19.8 Å². The lowest BCUT2D eigenvalue weighted by Crippen LogP contribution is -2.36. The van der Waals surface area contributed by atoms with Gasteiger partial charge in [0.2, 0.25) is 0 Å². The number of aliphatic hydroxyl groups excluding tert-OH is 1. The Morgan fingerprint density at radius 3 is 2.68 bits per heavy atom. The molecule has 3 aliphatic heterocycles. The van der Waals surface area contributed by atoms with Crippen LogP contribution in [0.15, 0.2) is 48.0 Å². The number of nitrogens with zero attached hydrogens (tertiary/aromatic N) is 1. The molecule has 0 aliphatic carbocycles. The third-order valence-corrected chi connectivity index (χ3v) is 7.35. The van der Waals surface area contributed by atoms with Crippen LogP contribution in [0.2, 0.25) is 0 Å². The van der Waals surface area contributed by atoms with Crippen molar-refractivity contribution in [3.05, 3.63) is 64.7 Å². The summed E-state index contributed by atoms with van der Waals surface area (Å²) in [6.07, 6.45) is 5.66. The molecule has 5 rings (SSSR count). The predicted octanol–water partition coefficient (Wildman–Crippen LogP) is 5.18. The number of rotatable bonds is 9. The molecule has 3 aliphatic rings. The predicted molar refractivity (Wildman–Crippen MR) is 140 cm³/mol. The van der Waals surface area contributed by atoms with Crippen LogP contribution >= 0.6 is 0 Å². The minimum absolute atomic E-state index is 0.0621. The fourth-order valence-electron chi connectivity index (χ4n) is 5.44. The summed E-state index contributed by atoms with van der Waals surface area (Å²) in [5.74, 6) is 0.0728. The highest BCUT2D eigenvalue weighted by atomic mass is 16.5. The first-order chi connectivity index (χ1) is 18.0. The van der Waals surface area contributed by atoms with Crippen LogP contribution in [0.1, 0.15) is 68.7 Å². The number of ether oxygens (including phenoxy) is 3. The highest BCUT2D eigenvalue weighted by molar-refractivity contribution is 6.46. The number of fused-ring (bicyclic) bond motifs is 1. The van der Waals surface area contributed by atoms with E-state index in [1.54, 1.807) is 11.0 Å². The second kappa shape index (κ2) is 11.0. The lowest BCUT2D eigenvalue weighted by atomic mass is 9.94. The van der Waals surface area contributed by atoms with Crippen LogP contribution in [-0.4, -0.2) is 53.7 Å². The van der Waals surface area contributed by atoms with Crippen LogP contribution in [0.5, 0.6) is 11.5 Å². The summed E-state index contributed by atoms with van der Waals surface area (Å²) in [7, 11) is 0. The molecule has 2 aromatic carbocycles. The Bertz CT molecular complexity index is 1180. The van der Waals surface area contributed by atoms with E-state index in [9.17, 15) is 14.7 Å². The molecule has 7 heteroatoms. The first-order valence-corrected chi connectivity index (χ1v) is 13.4. The second-order valence-electron chi connectivity index (χ2n) is 10.2. The number of hydrogen-bond donors (Lipinski definition) is 1. The fourth-order valence-corrected chi connectivity index (χ4v) is 5.44. The summed E-state index contributed by atoms with van der Waals surface area (Å²) >= 11 is 0. The van der Waals surface area contributed by atoms with Crippen molar-refractivity contribution < 1.29 is 28.9 Å². The number of ketones is 1. The van der Waals surface area contributed by atoms with Crippen LogP contribution < -0.4 is 9.47 Å². The molecule has 196 valence electrons. The van der Waals surface area contributed by atoms with E-state index in [2.05, 4.69) is 6.92 Å². The normalized spacial score (nSPS) is 24.4. The van der Waals surface area contributed by atoms with Gasteiger partial charge < -0.3 is 24.2 Å². The third-order valence-electron chi connectivity index (χ3n) is 7.35. The van der Waals surface area contributed by atoms with Crippen molar-refractivity contribution in [1.82, 2.24) is 4.90 Å². The molecule has 0 bridgehead atoms. The Kier molecular flexibility index (Phi) is 7.51. The van der Waals surface area contributed by atoms with Crippen LogP contribution in [0.25, 0.3) is 5.76 Å². The zero-order valence-corrected chi connectivity index (χ0v) is 21.6. The summed E-state index contributed by atoms with van der Waals surface area (Å²) in [6.45, 7) is 5.74. The largest absolute Gasteiger partial charge is 0.507 e. The second-order valence-corrected chi connectivity index (χ2v) is 10.2. The molecule has 3 heterocycles. The number of unbranched alkanes of at least 4 members (excludes halogenated alkanes) is 2. The summed E-state index contributed by atoms with van der Waals surface area (Å²) in [4.78, 5) is 28.2. The first-order valence-electron chi connectivity index (χ1n) is 13.4. The standard InChI is InChI=1S/C30H35NO6/c1-3-4-5-14-35-23-11-8-20(9-12-23)27-26(29(33)30(34)31(27)18-24-7-6-15-36-24)28(32)21-10-13-25-22(17-21)16-19(2)37-25/h8-13,17,19,24,27,32H,3-7,14-16,18H2,1-2H3/t19-,24-,27-/m1/s1. The molecule has 2 aromatic rings. The molecular formula is C30H35NO6. The summed E-state index contributed by atoms with van der Waals surface area (Å²) in [5, 5.41) is 11.4. The van der Waals surface area contributed by atoms with E-state index in [0.717, 1.165) is 61.2 Å². The third kappa shape index (κ3) is 5.23. The van der Waals surface area contributed by atoms with Gasteiger partial charge >= 0.3 is 0 Å². The molecule has 7 nitrogen and oxygen atoms in total. The maximum absolute atomic E-state index is 13.3. The zero-order valence-electron chi connectivity index (χ0n) is 21.6. The van der Waals surface area contributed by atoms with E-state index in [0.29, 0.717) is 25.3 Å². The quantitative estimate of drug-likeness (QED) is 0.219. The highest BCUT2D eigenvalue weighted by Gasteiger charge is 2.47. The van der Waals surface area contributed by atoms with Crippen molar-refractivity contribution in [1.29, 1.82) is 0 Å². The zero-order chi connectivity index (χ0) is 25.9. The molecule has 3 atom stereocenters. The fraction of sp³-hybridized carbons (Fsp3) is 0.467. The smallest absolute Gasteiger partial charge is 0.295 e. The molecule has 1 N–H and O–H groups in total. The molecular weight excluding hydrogens is 470 g/mol. The van der Waals surface area contributed by atoms with Gasteiger partial charge in [-0.2, -0.15) is 0 Å². The summed E-state index contributed by atoms with van der Waals surface area (Å²) in [5.41, 5.74) is 2.34. The van der Waals surface area contributed by atoms with E-state index < -0.39 is 17.7 Å². The molecule has 0 radical (unpaired) electrons. The van der Waals surface area contributed by atoms with Gasteiger partial charge in [-0.1, -0.05) is 31.9 Å². The Balaban J connectivity index is 1.49. The number of carbonyl (C=O) groups excluding carboxylic acids is 2. The van der Waals surface area contributed by atoms with Crippen LogP contribution in [0.4, 0.5) is 0 Å². The minimum Gasteiger partial charge on any atom is -0.507 e. The van der Waals surface area contributed by atoms with Gasteiger partial charge in [-0.05, 0) is 67.6 Å². The van der Waals surface area contributed by atoms with Crippen LogP contribution in [-0.2, 0) is 20.7 Å². The average Bonchev–Trinajstić information content (AvgIpc) is 3.61. The molecule has 37 heavy (non-hydrogen) atoms. The topological polar surface area (TPSA) is 85.3 Å². The van der Waals surface area contributed by atoms with Gasteiger partial charge in [0.05, 0.1) is 24.3 Å². The van der Waals surface area contributed by atoms with Crippen molar-refractivity contribution >= 4 is 17.4 Å². The van der Waals surface area contributed by atoms with Gasteiger partial charge in [0.1, 0.15) is 23.4 Å². The Hall–Kier alpha value is -3.32. The number of likely N-dealkylation sites (tertiary alicyclic amines) is 1. The van der Waals surface area contributed by atoms with Crippen molar-refractivity contribution in [2.45, 2.75) is 70.6 Å². The first kappa shape index (κ1) is 25.3. The number of Topliss-reactive ketones (excluding diaryl/α,β-unsaturated/α-hetero) is 1. The molecule has 2 saturated heterocycles. The monoisotopic (exact) mass is 505 g/mol. The molecule has 1 amide bonds. The van der Waals surface area contributed by atoms with Gasteiger partial charge in [0, 0.05) is 25.1 Å². The van der Waals surface area contributed by atoms with E-state index in [-0.39, 0.29) is 23.5 Å². The number of carbonyl (C=O) groups is 2. The molecule has 2 fully saturated rings. The Labute approximate surface area is 218 Å². The molecule has 0 unspecified atom stereocenters. The number of aliphatic hydroxyl groups is 1. The lowest BCUT2D eigenvalue weighted by Gasteiger charge is -2.27. The number of hydrogen-bond acceptors (Lipinski definition) is 6. The molecule has 0 aromatic heterocycles. The van der Waals surface area contributed by atoms with Crippen LogP contribution in [0, 0.1) is 0 Å². The van der Waals surface area contributed by atoms with Crippen LogP contribution in [0.3, 0.4) is 0 Å². The average molecular weight is 506 g/mol. The van der Waals surface area contributed by atoms with Crippen molar-refractivity contribution in [3.63, 3.8) is 0 Å². The van der Waals surface area contributed by atoms with E-state index in [4.69, 9.17) is 14.2 Å². The molecule has 0 saturated carbocycles. The Morgan fingerprint density at radius 1 is 1.14 bits per heavy atom. The van der Waals surface area contributed by atoms with Gasteiger partial charge in [-0.3, -0.25) is 9.59 Å². The number of benzene rings is 2. The van der Waals surface area contributed by atoms with E-state index >= 15 is 0 Å². The number of amides is 1. The van der Waals surface area contributed by atoms with Gasteiger partial charge in [0.15, 0.2) is 0 Å². The lowest BCUT2D eigenvalue weighted by molar-refractivity contribution is -0.140. The molecule has 0 spiro atoms. The van der Waals surface area contributed by atoms with Gasteiger partial charge in [-0.15, -0.1) is 0 Å². The van der Waals surface area contributed by atoms with Gasteiger partial charge in [0.25, 0.3) is 11.7 Å². The maximum Gasteiger partial charge on any atom is 0.295 e. The van der Waals surface area contributed by atoms with E-state index in [1.165, 1.54) is 0 Å².